The molecule has 7 heteroatoms. The number of rotatable bonds is 1. The van der Waals surface area contributed by atoms with Gasteiger partial charge in [-0.05, 0) is 12.8 Å². The molecule has 0 amide bonds. The average molecular weight is 202 g/mol. The molecule has 2 nitrogen and oxygen atoms in total. The fraction of sp³-hybridized carbons (Fsp3) is 1.00. The second kappa shape index (κ2) is 5.44. The number of hydrogen-bond acceptors (Lipinski definition) is 1. The van der Waals surface area contributed by atoms with Crippen LogP contribution < -0.4 is 5.01 Å². The molecule has 0 atom stereocenters. The Balaban J connectivity index is 0.000000252. The first-order valence-corrected chi connectivity index (χ1v) is 4.23. The maximum atomic E-state index is 9.75. The molecule has 1 fully saturated rings. The molecule has 0 unspecified atom stereocenters. The fourth-order valence-electron chi connectivity index (χ4n) is 1.16. The summed E-state index contributed by atoms with van der Waals surface area (Å²) in [6.45, 7) is 2.59. The van der Waals surface area contributed by atoms with Crippen molar-refractivity contribution in [2.24, 2.45) is 0 Å². The number of halogens is 4. The zero-order valence-corrected chi connectivity index (χ0v) is 7.86. The van der Waals surface area contributed by atoms with Gasteiger partial charge in [0.15, 0.2) is 0 Å². The second-order valence-electron chi connectivity index (χ2n) is 3.14. The third-order valence-corrected chi connectivity index (χ3v) is 1.74. The van der Waals surface area contributed by atoms with Crippen molar-refractivity contribution < 1.29 is 22.3 Å². The van der Waals surface area contributed by atoms with Crippen LogP contribution in [-0.4, -0.2) is 39.4 Å². The van der Waals surface area contributed by atoms with Crippen LogP contribution in [-0.2, 0) is 0 Å². The van der Waals surface area contributed by atoms with Gasteiger partial charge in [0, 0.05) is 13.1 Å². The smallest absolute Gasteiger partial charge is 0.418 e. The summed E-state index contributed by atoms with van der Waals surface area (Å²) >= 11 is 0. The summed E-state index contributed by atoms with van der Waals surface area (Å²) < 4.78 is 39.0. The molecule has 0 aromatic rings. The lowest BCUT2D eigenvalue weighted by Crippen LogP contribution is -3.12. The molecular weight excluding hydrogens is 187 g/mol. The largest absolute Gasteiger partial charge is 0.673 e. The van der Waals surface area contributed by atoms with Gasteiger partial charge in [-0.2, -0.15) is 5.01 Å². The monoisotopic (exact) mass is 202 g/mol. The van der Waals surface area contributed by atoms with Crippen LogP contribution in [0.2, 0.25) is 0 Å². The van der Waals surface area contributed by atoms with Crippen molar-refractivity contribution in [2.45, 2.75) is 12.8 Å². The lowest BCUT2D eigenvalue weighted by molar-refractivity contribution is -0.980. The Morgan fingerprint density at radius 1 is 1.00 bits per heavy atom. The minimum absolute atomic E-state index is 1.29. The molecule has 0 spiro atoms. The lowest BCUT2D eigenvalue weighted by atomic mass is 10.3. The molecular formula is C6H15BF4N2. The zero-order chi connectivity index (χ0) is 10.5. The van der Waals surface area contributed by atoms with Crippen molar-refractivity contribution in [3.05, 3.63) is 0 Å². The van der Waals surface area contributed by atoms with Gasteiger partial charge in [0.05, 0.1) is 14.1 Å². The summed E-state index contributed by atoms with van der Waals surface area (Å²) in [6.07, 6.45) is 2.79. The predicted octanol–water partition coefficient (Wildman–Crippen LogP) is 0.442. The summed E-state index contributed by atoms with van der Waals surface area (Å²) in [7, 11) is -1.63. The topological polar surface area (TPSA) is 7.68 Å². The lowest BCUT2D eigenvalue weighted by Gasteiger charge is -2.18. The first-order chi connectivity index (χ1) is 5.80. The van der Waals surface area contributed by atoms with Crippen molar-refractivity contribution in [1.82, 2.24) is 5.01 Å². The van der Waals surface area contributed by atoms with E-state index in [0.717, 1.165) is 0 Å². The van der Waals surface area contributed by atoms with E-state index in [1.165, 1.54) is 30.9 Å². The van der Waals surface area contributed by atoms with Crippen molar-refractivity contribution in [3.63, 3.8) is 0 Å². The number of nitrogens with zero attached hydrogens (tertiary/aromatic N) is 1. The minimum atomic E-state index is -6.00. The van der Waals surface area contributed by atoms with E-state index in [-0.39, 0.29) is 0 Å². The van der Waals surface area contributed by atoms with Gasteiger partial charge in [-0.15, -0.1) is 0 Å². The molecule has 0 aromatic carbocycles. The minimum Gasteiger partial charge on any atom is -0.418 e. The van der Waals surface area contributed by atoms with E-state index in [1.54, 1.807) is 0 Å². The second-order valence-corrected chi connectivity index (χ2v) is 3.14. The maximum absolute atomic E-state index is 9.75. The molecule has 1 N–H and O–H groups in total. The highest BCUT2D eigenvalue weighted by Crippen LogP contribution is 2.06. The highest BCUT2D eigenvalue weighted by molar-refractivity contribution is 6.50. The van der Waals surface area contributed by atoms with Crippen LogP contribution in [0.4, 0.5) is 17.3 Å². The van der Waals surface area contributed by atoms with E-state index in [2.05, 4.69) is 19.1 Å². The normalized spacial score (nSPS) is 18.7. The fourth-order valence-corrected chi connectivity index (χ4v) is 1.16. The number of hydrogen-bond donors (Lipinski definition) is 1. The number of nitrogens with one attached hydrogen (secondary N) is 1. The van der Waals surface area contributed by atoms with Gasteiger partial charge in [0.25, 0.3) is 0 Å². The molecule has 0 aromatic heterocycles. The van der Waals surface area contributed by atoms with E-state index in [1.807, 2.05) is 0 Å². The van der Waals surface area contributed by atoms with E-state index < -0.39 is 7.25 Å². The summed E-state index contributed by atoms with van der Waals surface area (Å²) in [4.78, 5) is 0. The molecule has 1 heterocycles. The zero-order valence-electron chi connectivity index (χ0n) is 7.86. The standard InChI is InChI=1S/C6H14N2.BF4/c1-7(2)8-5-3-4-6-8;2-1(3,4)5/h3-6H2,1-2H3;/q;-1/p+1. The molecule has 1 aliphatic heterocycles. The molecule has 1 rings (SSSR count). The predicted molar refractivity (Wildman–Crippen MR) is 43.8 cm³/mol. The third-order valence-electron chi connectivity index (χ3n) is 1.74. The average Bonchev–Trinajstić information content (AvgIpc) is 2.31. The molecule has 1 saturated heterocycles. The van der Waals surface area contributed by atoms with Crippen LogP contribution in [0, 0.1) is 0 Å². The van der Waals surface area contributed by atoms with Gasteiger partial charge in [-0.25, -0.2) is 0 Å². The molecule has 0 saturated carbocycles. The highest BCUT2D eigenvalue weighted by Gasteiger charge is 2.20. The maximum Gasteiger partial charge on any atom is 0.673 e. The Morgan fingerprint density at radius 2 is 1.31 bits per heavy atom. The Morgan fingerprint density at radius 3 is 1.46 bits per heavy atom. The van der Waals surface area contributed by atoms with Gasteiger partial charge in [0.2, 0.25) is 0 Å². The quantitative estimate of drug-likeness (QED) is 0.478. The van der Waals surface area contributed by atoms with Crippen molar-refractivity contribution in [1.29, 1.82) is 0 Å². The Hall–Kier alpha value is -0.295. The van der Waals surface area contributed by atoms with E-state index in [9.17, 15) is 17.3 Å². The van der Waals surface area contributed by atoms with Gasteiger partial charge in [0.1, 0.15) is 0 Å². The van der Waals surface area contributed by atoms with Crippen LogP contribution in [0.1, 0.15) is 12.8 Å². The first kappa shape index (κ1) is 12.7. The molecule has 0 bridgehead atoms. The van der Waals surface area contributed by atoms with Crippen LogP contribution in [0.15, 0.2) is 0 Å². The Bertz CT molecular complexity index is 127. The summed E-state index contributed by atoms with van der Waals surface area (Å²) in [5.41, 5.74) is 0. The number of quaternary nitrogens is 1. The summed E-state index contributed by atoms with van der Waals surface area (Å²) in [5.74, 6) is 0. The molecule has 80 valence electrons. The van der Waals surface area contributed by atoms with Crippen molar-refractivity contribution in [3.8, 4) is 0 Å². The van der Waals surface area contributed by atoms with Crippen LogP contribution >= 0.6 is 0 Å². The molecule has 1 aliphatic rings. The van der Waals surface area contributed by atoms with Crippen LogP contribution in [0.25, 0.3) is 0 Å². The van der Waals surface area contributed by atoms with Gasteiger partial charge in [-0.3, -0.25) is 5.01 Å². The van der Waals surface area contributed by atoms with Crippen molar-refractivity contribution >= 4 is 7.25 Å². The van der Waals surface area contributed by atoms with Crippen LogP contribution in [0.3, 0.4) is 0 Å². The highest BCUT2D eigenvalue weighted by atomic mass is 19.5. The van der Waals surface area contributed by atoms with E-state index >= 15 is 0 Å². The van der Waals surface area contributed by atoms with Crippen molar-refractivity contribution in [2.75, 3.05) is 27.2 Å². The summed E-state index contributed by atoms with van der Waals surface area (Å²) in [5, 5.41) is 3.92. The van der Waals surface area contributed by atoms with E-state index in [4.69, 9.17) is 0 Å². The summed E-state index contributed by atoms with van der Waals surface area (Å²) in [6, 6.07) is 0. The van der Waals surface area contributed by atoms with Gasteiger partial charge >= 0.3 is 7.25 Å². The Labute approximate surface area is 75.6 Å². The molecule has 0 aliphatic carbocycles. The van der Waals surface area contributed by atoms with Crippen LogP contribution in [0.5, 0.6) is 0 Å². The Kier molecular flexibility index (Phi) is 5.31. The first-order valence-electron chi connectivity index (χ1n) is 4.23. The SMILES string of the molecule is C[NH+](C)N1CCCC1.F[B-](F)(F)F. The van der Waals surface area contributed by atoms with Gasteiger partial charge in [-0.1, -0.05) is 0 Å². The molecule has 0 radical (unpaired) electrons. The van der Waals surface area contributed by atoms with Gasteiger partial charge < -0.3 is 17.3 Å². The third kappa shape index (κ3) is 9.62. The molecule has 13 heavy (non-hydrogen) atoms. The van der Waals surface area contributed by atoms with E-state index in [0.29, 0.717) is 0 Å².